The highest BCUT2D eigenvalue weighted by Gasteiger charge is 2.19. The van der Waals surface area contributed by atoms with E-state index in [0.29, 0.717) is 0 Å². The first-order chi connectivity index (χ1) is 7.41. The summed E-state index contributed by atoms with van der Waals surface area (Å²) in [4.78, 5) is 15.8. The predicted octanol–water partition coefficient (Wildman–Crippen LogP) is 3.51. The van der Waals surface area contributed by atoms with E-state index in [4.69, 9.17) is 0 Å². The Morgan fingerprint density at radius 2 is 2.06 bits per heavy atom. The Morgan fingerprint density at radius 3 is 2.56 bits per heavy atom. The molecule has 0 bridgehead atoms. The SMILES string of the molecule is Cc1nc(Br)ccc1NC(=O)C(Br)C(C)C. The highest BCUT2D eigenvalue weighted by molar-refractivity contribution is 9.10. The number of carbonyl (C=O) groups excluding carboxylic acids is 1. The largest absolute Gasteiger partial charge is 0.324 e. The fourth-order valence-electron chi connectivity index (χ4n) is 1.17. The van der Waals surface area contributed by atoms with Crippen molar-refractivity contribution in [1.82, 2.24) is 4.98 Å². The van der Waals surface area contributed by atoms with Crippen LogP contribution in [0.1, 0.15) is 19.5 Å². The molecular formula is C11H14Br2N2O. The Labute approximate surface area is 112 Å². The third kappa shape index (κ3) is 3.56. The minimum absolute atomic E-state index is 0.0396. The minimum atomic E-state index is -0.185. The van der Waals surface area contributed by atoms with Crippen molar-refractivity contribution in [2.45, 2.75) is 25.6 Å². The molecule has 0 spiro atoms. The molecule has 0 saturated heterocycles. The highest BCUT2D eigenvalue weighted by atomic mass is 79.9. The summed E-state index contributed by atoms with van der Waals surface area (Å²) in [5.41, 5.74) is 1.55. The lowest BCUT2D eigenvalue weighted by Gasteiger charge is -2.14. The average molecular weight is 350 g/mol. The second-order valence-electron chi connectivity index (χ2n) is 3.90. The quantitative estimate of drug-likeness (QED) is 0.670. The maximum Gasteiger partial charge on any atom is 0.238 e. The molecule has 0 saturated carbocycles. The van der Waals surface area contributed by atoms with Gasteiger partial charge >= 0.3 is 0 Å². The van der Waals surface area contributed by atoms with Crippen LogP contribution in [0.5, 0.6) is 0 Å². The van der Waals surface area contributed by atoms with Gasteiger partial charge in [0, 0.05) is 0 Å². The van der Waals surface area contributed by atoms with Gasteiger partial charge in [0.05, 0.1) is 16.2 Å². The highest BCUT2D eigenvalue weighted by Crippen LogP contribution is 2.19. The Bertz CT molecular complexity index is 394. The average Bonchev–Trinajstić information content (AvgIpc) is 2.20. The Kier molecular flexibility index (Phi) is 4.92. The second kappa shape index (κ2) is 5.77. The zero-order valence-corrected chi connectivity index (χ0v) is 12.6. The fraction of sp³-hybridized carbons (Fsp3) is 0.455. The van der Waals surface area contributed by atoms with Crippen molar-refractivity contribution in [2.24, 2.45) is 5.92 Å². The molecule has 88 valence electrons. The molecule has 0 fully saturated rings. The molecule has 0 aliphatic heterocycles. The molecule has 0 aliphatic rings. The molecule has 1 rings (SSSR count). The maximum atomic E-state index is 11.8. The standard InChI is InChI=1S/C11H14Br2N2O/c1-6(2)10(13)11(16)15-8-4-5-9(12)14-7(8)3/h4-6,10H,1-3H3,(H,15,16). The molecule has 16 heavy (non-hydrogen) atoms. The molecule has 1 amide bonds. The van der Waals surface area contributed by atoms with E-state index in [-0.39, 0.29) is 16.7 Å². The lowest BCUT2D eigenvalue weighted by Crippen LogP contribution is -2.27. The number of alkyl halides is 1. The van der Waals surface area contributed by atoms with Gasteiger partial charge in [0.25, 0.3) is 0 Å². The van der Waals surface area contributed by atoms with Crippen LogP contribution < -0.4 is 5.32 Å². The van der Waals surface area contributed by atoms with E-state index < -0.39 is 0 Å². The number of amides is 1. The summed E-state index contributed by atoms with van der Waals surface area (Å²) < 4.78 is 0.766. The molecule has 0 radical (unpaired) electrons. The van der Waals surface area contributed by atoms with Gasteiger partial charge in [-0.3, -0.25) is 4.79 Å². The number of aromatic nitrogens is 1. The van der Waals surface area contributed by atoms with Crippen LogP contribution in [0.15, 0.2) is 16.7 Å². The van der Waals surface area contributed by atoms with E-state index in [1.165, 1.54) is 0 Å². The molecule has 1 heterocycles. The second-order valence-corrected chi connectivity index (χ2v) is 5.70. The first-order valence-electron chi connectivity index (χ1n) is 5.00. The third-order valence-electron chi connectivity index (χ3n) is 2.15. The molecule has 1 unspecified atom stereocenters. The van der Waals surface area contributed by atoms with Crippen molar-refractivity contribution in [1.29, 1.82) is 0 Å². The van der Waals surface area contributed by atoms with E-state index in [1.807, 2.05) is 26.8 Å². The van der Waals surface area contributed by atoms with Gasteiger partial charge in [-0.25, -0.2) is 4.98 Å². The van der Waals surface area contributed by atoms with Crippen molar-refractivity contribution >= 4 is 43.5 Å². The first kappa shape index (κ1) is 13.6. The monoisotopic (exact) mass is 348 g/mol. The van der Waals surface area contributed by atoms with E-state index in [2.05, 4.69) is 42.2 Å². The summed E-state index contributed by atoms with van der Waals surface area (Å²) in [5, 5.41) is 2.85. The number of pyridine rings is 1. The van der Waals surface area contributed by atoms with Crippen LogP contribution in [0.25, 0.3) is 0 Å². The molecule has 1 N–H and O–H groups in total. The summed E-state index contributed by atoms with van der Waals surface area (Å²) >= 11 is 6.64. The Morgan fingerprint density at radius 1 is 1.44 bits per heavy atom. The van der Waals surface area contributed by atoms with Gasteiger partial charge in [0.1, 0.15) is 4.60 Å². The van der Waals surface area contributed by atoms with Crippen LogP contribution >= 0.6 is 31.9 Å². The summed E-state index contributed by atoms with van der Waals surface area (Å²) in [6.07, 6.45) is 0. The van der Waals surface area contributed by atoms with Crippen molar-refractivity contribution in [3.63, 3.8) is 0 Å². The van der Waals surface area contributed by atoms with Gasteiger partial charge in [0.15, 0.2) is 0 Å². The van der Waals surface area contributed by atoms with Gasteiger partial charge < -0.3 is 5.32 Å². The molecule has 1 atom stereocenters. The first-order valence-corrected chi connectivity index (χ1v) is 6.70. The minimum Gasteiger partial charge on any atom is -0.324 e. The summed E-state index contributed by atoms with van der Waals surface area (Å²) in [7, 11) is 0. The number of nitrogens with zero attached hydrogens (tertiary/aromatic N) is 1. The molecule has 1 aromatic heterocycles. The van der Waals surface area contributed by atoms with Crippen molar-refractivity contribution in [3.05, 3.63) is 22.4 Å². The van der Waals surface area contributed by atoms with Gasteiger partial charge in [-0.2, -0.15) is 0 Å². The molecule has 1 aromatic rings. The number of hydrogen-bond donors (Lipinski definition) is 1. The van der Waals surface area contributed by atoms with Crippen LogP contribution in [-0.2, 0) is 4.79 Å². The van der Waals surface area contributed by atoms with Crippen molar-refractivity contribution in [2.75, 3.05) is 5.32 Å². The topological polar surface area (TPSA) is 42.0 Å². The molecular weight excluding hydrogens is 336 g/mol. The third-order valence-corrected chi connectivity index (χ3v) is 4.06. The molecule has 0 aromatic carbocycles. The predicted molar refractivity (Wildman–Crippen MR) is 72.9 cm³/mol. The summed E-state index contributed by atoms with van der Waals surface area (Å²) in [5.74, 6) is 0.214. The maximum absolute atomic E-state index is 11.8. The Hall–Kier alpha value is -0.420. The van der Waals surface area contributed by atoms with E-state index >= 15 is 0 Å². The van der Waals surface area contributed by atoms with Crippen LogP contribution in [0.3, 0.4) is 0 Å². The fourth-order valence-corrected chi connectivity index (χ4v) is 1.68. The molecule has 3 nitrogen and oxygen atoms in total. The Balaban J connectivity index is 2.77. The van der Waals surface area contributed by atoms with Crippen molar-refractivity contribution in [3.8, 4) is 0 Å². The molecule has 5 heteroatoms. The van der Waals surface area contributed by atoms with Crippen LogP contribution in [0, 0.1) is 12.8 Å². The number of anilines is 1. The number of halogens is 2. The smallest absolute Gasteiger partial charge is 0.238 e. The van der Waals surface area contributed by atoms with E-state index in [0.717, 1.165) is 16.0 Å². The summed E-state index contributed by atoms with van der Waals surface area (Å²) in [6, 6.07) is 3.64. The summed E-state index contributed by atoms with van der Waals surface area (Å²) in [6.45, 7) is 5.84. The number of nitrogens with one attached hydrogen (secondary N) is 1. The zero-order chi connectivity index (χ0) is 12.3. The molecule has 0 aliphatic carbocycles. The zero-order valence-electron chi connectivity index (χ0n) is 9.42. The van der Waals surface area contributed by atoms with Crippen LogP contribution in [0.4, 0.5) is 5.69 Å². The lowest BCUT2D eigenvalue weighted by molar-refractivity contribution is -0.116. The number of carbonyl (C=O) groups is 1. The van der Waals surface area contributed by atoms with Gasteiger partial charge in [-0.15, -0.1) is 0 Å². The normalized spacial score (nSPS) is 12.6. The van der Waals surface area contributed by atoms with Gasteiger partial charge in [0.2, 0.25) is 5.91 Å². The van der Waals surface area contributed by atoms with Crippen molar-refractivity contribution < 1.29 is 4.79 Å². The lowest BCUT2D eigenvalue weighted by atomic mass is 10.1. The van der Waals surface area contributed by atoms with Crippen LogP contribution in [0.2, 0.25) is 0 Å². The van der Waals surface area contributed by atoms with E-state index in [9.17, 15) is 4.79 Å². The van der Waals surface area contributed by atoms with Crippen LogP contribution in [-0.4, -0.2) is 15.7 Å². The number of rotatable bonds is 3. The van der Waals surface area contributed by atoms with Gasteiger partial charge in [-0.1, -0.05) is 29.8 Å². The number of aryl methyl sites for hydroxylation is 1. The van der Waals surface area contributed by atoms with Gasteiger partial charge in [-0.05, 0) is 40.9 Å². The van der Waals surface area contributed by atoms with E-state index in [1.54, 1.807) is 6.07 Å². The number of hydrogen-bond acceptors (Lipinski definition) is 2.